The number of hydrogen-bond acceptors (Lipinski definition) is 6. The summed E-state index contributed by atoms with van der Waals surface area (Å²) < 4.78 is 31.6. The molecule has 2 aromatic carbocycles. The minimum absolute atomic E-state index is 0.0298. The van der Waals surface area contributed by atoms with E-state index >= 15 is 0 Å². The number of halogens is 1. The van der Waals surface area contributed by atoms with Gasteiger partial charge in [0, 0.05) is 0 Å². The molecule has 1 aromatic heterocycles. The van der Waals surface area contributed by atoms with Gasteiger partial charge in [0.1, 0.15) is 5.75 Å². The van der Waals surface area contributed by atoms with E-state index in [-0.39, 0.29) is 4.90 Å². The summed E-state index contributed by atoms with van der Waals surface area (Å²) in [4.78, 5) is 20.4. The molecule has 1 heterocycles. The van der Waals surface area contributed by atoms with Gasteiger partial charge in [-0.25, -0.2) is 0 Å². The van der Waals surface area contributed by atoms with Crippen LogP contribution in [0.5, 0.6) is 5.75 Å². The number of methoxy groups -OCH3 is 1. The molecule has 7 nitrogen and oxygen atoms in total. The van der Waals surface area contributed by atoms with Crippen molar-refractivity contribution in [2.24, 2.45) is 0 Å². The van der Waals surface area contributed by atoms with Gasteiger partial charge in [-0.3, -0.25) is 0 Å². The number of nitrogens with zero attached hydrogens (tertiary/aromatic N) is 1. The first-order valence-corrected chi connectivity index (χ1v) is 16.5. The van der Waals surface area contributed by atoms with Gasteiger partial charge in [-0.05, 0) is 12.1 Å². The molecule has 0 aliphatic rings. The SMILES string of the molecule is COc1ccc(-c2cnc(-c3ccc(S(=O)(=O)N[C@@H](C(=O)O)I(C)C)cc3)s2)cc1. The summed E-state index contributed by atoms with van der Waals surface area (Å²) >= 11 is -0.445. The summed E-state index contributed by atoms with van der Waals surface area (Å²) in [5.74, 6) is -0.362. The van der Waals surface area contributed by atoms with Gasteiger partial charge >= 0.3 is 158 Å². The molecule has 0 aliphatic carbocycles. The van der Waals surface area contributed by atoms with Crippen molar-refractivity contribution in [1.29, 1.82) is 0 Å². The summed E-state index contributed by atoms with van der Waals surface area (Å²) in [6.45, 7) is 0. The Morgan fingerprint density at radius 3 is 2.23 bits per heavy atom. The summed E-state index contributed by atoms with van der Waals surface area (Å²) in [6, 6.07) is 14.0. The van der Waals surface area contributed by atoms with Crippen molar-refractivity contribution >= 4 is 47.1 Å². The fourth-order valence-electron chi connectivity index (χ4n) is 2.60. The van der Waals surface area contributed by atoms with Gasteiger partial charge in [-0.2, -0.15) is 0 Å². The van der Waals surface area contributed by atoms with Crippen LogP contribution in [0.1, 0.15) is 0 Å². The Morgan fingerprint density at radius 1 is 1.10 bits per heavy atom. The van der Waals surface area contributed by atoms with Crippen molar-refractivity contribution in [3.63, 3.8) is 0 Å². The van der Waals surface area contributed by atoms with Crippen molar-refractivity contribution in [2.75, 3.05) is 17.0 Å². The molecule has 10 heteroatoms. The number of thiazole rings is 1. The molecule has 0 saturated carbocycles. The third kappa shape index (κ3) is 5.17. The van der Waals surface area contributed by atoms with Crippen LogP contribution in [0.25, 0.3) is 21.0 Å². The Balaban J connectivity index is 1.80. The van der Waals surface area contributed by atoms with Crippen LogP contribution in [0.4, 0.5) is 0 Å². The Hall–Kier alpha value is -2.02. The molecule has 0 radical (unpaired) electrons. The van der Waals surface area contributed by atoms with Crippen LogP contribution in [-0.4, -0.2) is 45.5 Å². The molecule has 0 saturated heterocycles. The van der Waals surface area contributed by atoms with Crippen LogP contribution in [-0.2, 0) is 14.8 Å². The Morgan fingerprint density at radius 2 is 1.70 bits per heavy atom. The van der Waals surface area contributed by atoms with E-state index in [2.05, 4.69) is 9.71 Å². The van der Waals surface area contributed by atoms with E-state index in [1.165, 1.54) is 23.5 Å². The van der Waals surface area contributed by atoms with Gasteiger partial charge < -0.3 is 4.74 Å². The number of nitrogens with one attached hydrogen (secondary N) is 1. The molecular weight excluding hydrogens is 539 g/mol. The first-order valence-electron chi connectivity index (χ1n) is 8.65. The van der Waals surface area contributed by atoms with Crippen molar-refractivity contribution in [3.05, 3.63) is 54.7 Å². The molecule has 3 aromatic rings. The molecule has 3 rings (SSSR count). The van der Waals surface area contributed by atoms with E-state index in [1.807, 2.05) is 24.3 Å². The predicted octanol–water partition coefficient (Wildman–Crippen LogP) is 3.94. The minimum Gasteiger partial charge on any atom is -0.0193 e. The van der Waals surface area contributed by atoms with Crippen molar-refractivity contribution in [1.82, 2.24) is 9.71 Å². The number of benzene rings is 2. The Labute approximate surface area is 186 Å². The van der Waals surface area contributed by atoms with Crippen LogP contribution >= 0.6 is 31.2 Å². The van der Waals surface area contributed by atoms with Gasteiger partial charge in [-0.1, -0.05) is 0 Å². The quantitative estimate of drug-likeness (QED) is 0.246. The first-order chi connectivity index (χ1) is 14.2. The molecule has 0 amide bonds. The molecule has 1 atom stereocenters. The van der Waals surface area contributed by atoms with Crippen LogP contribution in [0, 0.1) is 0 Å². The summed E-state index contributed by atoms with van der Waals surface area (Å²) in [7, 11) is -2.30. The number of ether oxygens (including phenoxy) is 1. The summed E-state index contributed by atoms with van der Waals surface area (Å²) in [6.07, 6.45) is 1.78. The number of carbonyl (C=O) groups is 1. The van der Waals surface area contributed by atoms with Crippen LogP contribution in [0.3, 0.4) is 0 Å². The average Bonchev–Trinajstić information content (AvgIpc) is 3.22. The molecule has 0 fully saturated rings. The minimum atomic E-state index is -3.91. The molecule has 0 unspecified atom stereocenters. The van der Waals surface area contributed by atoms with E-state index in [4.69, 9.17) is 4.74 Å². The number of sulfonamides is 1. The third-order valence-electron chi connectivity index (χ3n) is 4.20. The molecule has 0 spiro atoms. The maximum atomic E-state index is 12.6. The Bertz CT molecular complexity index is 1130. The van der Waals surface area contributed by atoms with Crippen molar-refractivity contribution in [3.8, 4) is 26.8 Å². The van der Waals surface area contributed by atoms with Crippen molar-refractivity contribution in [2.45, 2.75) is 8.94 Å². The molecular formula is C20H21IN2O5S2. The monoisotopic (exact) mass is 560 g/mol. The van der Waals surface area contributed by atoms with Crippen LogP contribution < -0.4 is 9.46 Å². The molecule has 2 N–H and O–H groups in total. The maximum absolute atomic E-state index is 12.6. The predicted molar refractivity (Wildman–Crippen MR) is 127 cm³/mol. The van der Waals surface area contributed by atoms with Crippen LogP contribution in [0.15, 0.2) is 59.6 Å². The topological polar surface area (TPSA) is 106 Å². The fourth-order valence-corrected chi connectivity index (χ4v) is 8.31. The van der Waals surface area contributed by atoms with E-state index < -0.39 is 39.9 Å². The normalized spacial score (nSPS) is 13.0. The summed E-state index contributed by atoms with van der Waals surface area (Å²) in [5.41, 5.74) is 1.80. The van der Waals surface area contributed by atoms with Gasteiger partial charge in [0.15, 0.2) is 0 Å². The van der Waals surface area contributed by atoms with Crippen LogP contribution in [0.2, 0.25) is 0 Å². The number of carboxylic acids is 1. The second-order valence-corrected chi connectivity index (χ2v) is 15.1. The number of hydrogen-bond donors (Lipinski definition) is 2. The number of carboxylic acid groups (broad SMARTS) is 1. The van der Waals surface area contributed by atoms with Gasteiger partial charge in [0.05, 0.1) is 7.11 Å². The standard InChI is InChI=1S/C20H21IN2O5S2/c1-21(2)18(20(24)25)23-30(26,27)16-10-6-14(7-11-16)19-22-12-17(29-19)13-4-8-15(28-3)9-5-13/h4-12,18,23H,1-3H3,(H,24,25)/t18-/m0/s1. The fraction of sp³-hybridized carbons (Fsp3) is 0.200. The van der Waals surface area contributed by atoms with Gasteiger partial charge in [-0.15, -0.1) is 0 Å². The zero-order valence-electron chi connectivity index (χ0n) is 16.5. The zero-order chi connectivity index (χ0) is 21.9. The zero-order valence-corrected chi connectivity index (χ0v) is 20.3. The number of aromatic nitrogens is 1. The van der Waals surface area contributed by atoms with Gasteiger partial charge in [0.25, 0.3) is 0 Å². The second-order valence-electron chi connectivity index (χ2n) is 6.42. The first kappa shape index (κ1) is 22.7. The number of rotatable bonds is 8. The number of aliphatic carboxylic acids is 1. The van der Waals surface area contributed by atoms with Gasteiger partial charge in [0.2, 0.25) is 0 Å². The van der Waals surface area contributed by atoms with E-state index in [9.17, 15) is 18.3 Å². The average molecular weight is 560 g/mol. The van der Waals surface area contributed by atoms with E-state index in [1.54, 1.807) is 35.3 Å². The van der Waals surface area contributed by atoms with E-state index in [0.717, 1.165) is 26.8 Å². The number of alkyl halides is 3. The smallest absolute Gasteiger partial charge is 0.0193 e. The summed E-state index contributed by atoms with van der Waals surface area (Å²) in [5, 5.41) is 10.0. The van der Waals surface area contributed by atoms with E-state index in [0.29, 0.717) is 0 Å². The molecule has 0 bridgehead atoms. The molecule has 160 valence electrons. The Kier molecular flexibility index (Phi) is 7.11. The third-order valence-corrected chi connectivity index (χ3v) is 10.5. The molecule has 0 aliphatic heterocycles. The van der Waals surface area contributed by atoms with Crippen molar-refractivity contribution < 1.29 is 23.1 Å². The molecule has 30 heavy (non-hydrogen) atoms. The second kappa shape index (κ2) is 9.41.